The maximum absolute atomic E-state index is 12.6. The fourth-order valence-corrected chi connectivity index (χ4v) is 4.12. The second-order valence-electron chi connectivity index (χ2n) is 7.31. The van der Waals surface area contributed by atoms with E-state index < -0.39 is 17.6 Å². The molecule has 0 unspecified atom stereocenters. The van der Waals surface area contributed by atoms with E-state index in [4.69, 9.17) is 10.5 Å². The normalized spacial score (nSPS) is 11.5. The van der Waals surface area contributed by atoms with Gasteiger partial charge in [0.15, 0.2) is 5.16 Å². The van der Waals surface area contributed by atoms with Gasteiger partial charge in [0, 0.05) is 19.0 Å². The minimum Gasteiger partial charge on any atom is -0.467 e. The van der Waals surface area contributed by atoms with Crippen LogP contribution in [-0.4, -0.2) is 40.3 Å². The molecule has 33 heavy (non-hydrogen) atoms. The number of carbonyl (C=O) groups excluding carboxylic acids is 2. The number of aryl methyl sites for hydroxylation is 1. The van der Waals surface area contributed by atoms with Crippen LogP contribution >= 0.6 is 11.8 Å². The van der Waals surface area contributed by atoms with Crippen molar-refractivity contribution in [3.63, 3.8) is 0 Å². The Morgan fingerprint density at radius 1 is 1.09 bits per heavy atom. The number of nitrogens with zero attached hydrogens (tertiary/aromatic N) is 2. The van der Waals surface area contributed by atoms with E-state index in [1.54, 1.807) is 4.57 Å². The first-order valence-corrected chi connectivity index (χ1v) is 11.4. The molecule has 0 aliphatic heterocycles. The molecule has 0 fully saturated rings. The van der Waals surface area contributed by atoms with E-state index in [1.807, 2.05) is 60.7 Å². The Labute approximate surface area is 196 Å². The summed E-state index contributed by atoms with van der Waals surface area (Å²) < 4.78 is 6.55. The molecule has 8 nitrogen and oxygen atoms in total. The lowest BCUT2D eigenvalue weighted by Crippen LogP contribution is -2.43. The third-order valence-electron chi connectivity index (χ3n) is 4.92. The fourth-order valence-electron chi connectivity index (χ4n) is 3.27. The lowest BCUT2D eigenvalue weighted by Gasteiger charge is -2.17. The summed E-state index contributed by atoms with van der Waals surface area (Å²) in [6, 6.07) is 19.7. The van der Waals surface area contributed by atoms with Crippen molar-refractivity contribution < 1.29 is 14.3 Å². The van der Waals surface area contributed by atoms with Gasteiger partial charge in [-0.25, -0.2) is 4.79 Å². The number of esters is 1. The lowest BCUT2D eigenvalue weighted by molar-refractivity contribution is -0.144. The third kappa shape index (κ3) is 7.21. The van der Waals surface area contributed by atoms with Gasteiger partial charge in [0.25, 0.3) is 5.56 Å². The van der Waals surface area contributed by atoms with Crippen LogP contribution in [0.25, 0.3) is 0 Å². The smallest absolute Gasteiger partial charge is 0.328 e. The number of carbonyl (C=O) groups is 2. The molecule has 3 aromatic rings. The standard InChI is InChI=1S/C24H26N4O4S/c1-32-23(31)19(14-18-10-6-3-7-11-18)26-22(30)16-33-24-27-21(29)15-20(25)28(24)13-12-17-8-4-2-5-9-17/h2-11,15,19H,12-14,16,25H2,1H3,(H,26,30)/t19-/m1/s1. The first-order chi connectivity index (χ1) is 16.0. The summed E-state index contributed by atoms with van der Waals surface area (Å²) >= 11 is 1.09. The number of aromatic nitrogens is 2. The maximum Gasteiger partial charge on any atom is 0.328 e. The summed E-state index contributed by atoms with van der Waals surface area (Å²) in [6.45, 7) is 0.506. The van der Waals surface area contributed by atoms with Crippen LogP contribution in [0.2, 0.25) is 0 Å². The number of nitrogen functional groups attached to an aromatic ring is 1. The molecule has 0 aliphatic carbocycles. The van der Waals surface area contributed by atoms with Crippen LogP contribution in [0.1, 0.15) is 11.1 Å². The zero-order chi connectivity index (χ0) is 23.6. The van der Waals surface area contributed by atoms with E-state index in [0.29, 0.717) is 24.5 Å². The van der Waals surface area contributed by atoms with Gasteiger partial charge in [0.05, 0.1) is 12.9 Å². The van der Waals surface area contributed by atoms with E-state index in [2.05, 4.69) is 10.3 Å². The molecule has 1 aromatic heterocycles. The molecular weight excluding hydrogens is 440 g/mol. The molecule has 3 N–H and O–H groups in total. The van der Waals surface area contributed by atoms with Gasteiger partial charge >= 0.3 is 5.97 Å². The highest BCUT2D eigenvalue weighted by Gasteiger charge is 2.22. The summed E-state index contributed by atoms with van der Waals surface area (Å²) in [6.07, 6.45) is 0.999. The van der Waals surface area contributed by atoms with Crippen molar-refractivity contribution in [1.82, 2.24) is 14.9 Å². The summed E-state index contributed by atoms with van der Waals surface area (Å²) in [5.74, 6) is -0.661. The van der Waals surface area contributed by atoms with Crippen LogP contribution < -0.4 is 16.6 Å². The summed E-state index contributed by atoms with van der Waals surface area (Å²) in [7, 11) is 1.28. The third-order valence-corrected chi connectivity index (χ3v) is 5.90. The van der Waals surface area contributed by atoms with Gasteiger partial charge in [0.2, 0.25) is 5.91 Å². The van der Waals surface area contributed by atoms with Gasteiger partial charge in [-0.05, 0) is 17.5 Å². The van der Waals surface area contributed by atoms with Crippen LogP contribution in [0.5, 0.6) is 0 Å². The van der Waals surface area contributed by atoms with Gasteiger partial charge in [-0.15, -0.1) is 0 Å². The Kier molecular flexibility index (Phi) is 8.65. The Balaban J connectivity index is 1.66. The Morgan fingerprint density at radius 3 is 2.36 bits per heavy atom. The highest BCUT2D eigenvalue weighted by molar-refractivity contribution is 7.99. The second kappa shape index (κ2) is 11.9. The monoisotopic (exact) mass is 466 g/mol. The molecule has 3 rings (SSSR count). The fraction of sp³-hybridized carbons (Fsp3) is 0.250. The molecule has 2 aromatic carbocycles. The van der Waals surface area contributed by atoms with E-state index in [0.717, 1.165) is 22.9 Å². The predicted octanol–water partition coefficient (Wildman–Crippen LogP) is 2.06. The van der Waals surface area contributed by atoms with Crippen LogP contribution in [0, 0.1) is 0 Å². The number of benzene rings is 2. The Bertz CT molecular complexity index is 1140. The summed E-state index contributed by atoms with van der Waals surface area (Å²) in [5, 5.41) is 3.06. The minimum absolute atomic E-state index is 0.0382. The SMILES string of the molecule is COC(=O)[C@@H](Cc1ccccc1)NC(=O)CSc1nc(=O)cc(N)n1CCc1ccccc1. The summed E-state index contributed by atoms with van der Waals surface area (Å²) in [5.41, 5.74) is 7.61. The molecule has 172 valence electrons. The number of nitrogens with two attached hydrogens (primary N) is 1. The number of hydrogen-bond donors (Lipinski definition) is 2. The van der Waals surface area contributed by atoms with Gasteiger partial charge in [-0.1, -0.05) is 72.4 Å². The van der Waals surface area contributed by atoms with Crippen molar-refractivity contribution in [2.75, 3.05) is 18.6 Å². The van der Waals surface area contributed by atoms with Gasteiger partial charge in [0.1, 0.15) is 11.9 Å². The number of anilines is 1. The number of nitrogens with one attached hydrogen (secondary N) is 1. The summed E-state index contributed by atoms with van der Waals surface area (Å²) in [4.78, 5) is 40.7. The van der Waals surface area contributed by atoms with Crippen molar-refractivity contribution in [3.05, 3.63) is 88.2 Å². The quantitative estimate of drug-likeness (QED) is 0.267. The number of amides is 1. The van der Waals surface area contributed by atoms with Crippen LogP contribution in [-0.2, 0) is 33.7 Å². The zero-order valence-electron chi connectivity index (χ0n) is 18.3. The van der Waals surface area contributed by atoms with Gasteiger partial charge < -0.3 is 20.4 Å². The number of rotatable bonds is 10. The van der Waals surface area contributed by atoms with Crippen molar-refractivity contribution in [3.8, 4) is 0 Å². The van der Waals surface area contributed by atoms with Crippen molar-refractivity contribution in [1.29, 1.82) is 0 Å². The second-order valence-corrected chi connectivity index (χ2v) is 8.25. The van der Waals surface area contributed by atoms with Crippen LogP contribution in [0.15, 0.2) is 76.7 Å². The number of ether oxygens (including phenoxy) is 1. The van der Waals surface area contributed by atoms with E-state index in [9.17, 15) is 14.4 Å². The highest BCUT2D eigenvalue weighted by atomic mass is 32.2. The molecule has 1 amide bonds. The Morgan fingerprint density at radius 2 is 1.73 bits per heavy atom. The highest BCUT2D eigenvalue weighted by Crippen LogP contribution is 2.18. The maximum atomic E-state index is 12.6. The average Bonchev–Trinajstić information content (AvgIpc) is 2.82. The number of methoxy groups -OCH3 is 1. The van der Waals surface area contributed by atoms with E-state index in [1.165, 1.54) is 13.2 Å². The van der Waals surface area contributed by atoms with Gasteiger partial charge in [-0.2, -0.15) is 4.98 Å². The topological polar surface area (TPSA) is 116 Å². The minimum atomic E-state index is -0.820. The number of thioether (sulfide) groups is 1. The molecule has 0 radical (unpaired) electrons. The van der Waals surface area contributed by atoms with Gasteiger partial charge in [-0.3, -0.25) is 9.59 Å². The largest absolute Gasteiger partial charge is 0.467 e. The number of hydrogen-bond acceptors (Lipinski definition) is 7. The van der Waals surface area contributed by atoms with Crippen molar-refractivity contribution in [2.24, 2.45) is 0 Å². The lowest BCUT2D eigenvalue weighted by atomic mass is 10.1. The van der Waals surface area contributed by atoms with E-state index in [-0.39, 0.29) is 17.5 Å². The molecule has 0 bridgehead atoms. The molecule has 0 aliphatic rings. The average molecular weight is 467 g/mol. The first-order valence-electron chi connectivity index (χ1n) is 10.4. The molecule has 1 atom stereocenters. The van der Waals surface area contributed by atoms with Crippen molar-refractivity contribution >= 4 is 29.5 Å². The molecule has 9 heteroatoms. The van der Waals surface area contributed by atoms with Crippen molar-refractivity contribution in [2.45, 2.75) is 30.6 Å². The molecular formula is C24H26N4O4S. The zero-order valence-corrected chi connectivity index (χ0v) is 19.1. The molecule has 0 spiro atoms. The first kappa shape index (κ1) is 24.1. The molecule has 0 saturated carbocycles. The van der Waals surface area contributed by atoms with Crippen LogP contribution in [0.4, 0.5) is 5.82 Å². The predicted molar refractivity (Wildman–Crippen MR) is 128 cm³/mol. The molecule has 0 saturated heterocycles. The van der Waals surface area contributed by atoms with E-state index >= 15 is 0 Å². The molecule has 1 heterocycles. The Hall–Kier alpha value is -3.59. The van der Waals surface area contributed by atoms with Crippen LogP contribution in [0.3, 0.4) is 0 Å².